The number of carbonyl (C=O) groups is 1. The topological polar surface area (TPSA) is 83.4 Å². The van der Waals surface area contributed by atoms with Gasteiger partial charge >= 0.3 is 0 Å². The minimum Gasteiger partial charge on any atom is -0.493 e. The molecule has 2 aromatic rings. The number of hydrogen-bond acceptors (Lipinski definition) is 5. The fourth-order valence-electron chi connectivity index (χ4n) is 2.31. The van der Waals surface area contributed by atoms with Gasteiger partial charge in [-0.25, -0.2) is 0 Å². The molecule has 0 saturated heterocycles. The second kappa shape index (κ2) is 9.51. The van der Waals surface area contributed by atoms with Gasteiger partial charge < -0.3 is 20.1 Å². The lowest BCUT2D eigenvalue weighted by Gasteiger charge is -2.15. The van der Waals surface area contributed by atoms with Crippen LogP contribution >= 0.6 is 11.6 Å². The molecule has 2 aromatic carbocycles. The summed E-state index contributed by atoms with van der Waals surface area (Å²) in [6.45, 7) is 1.91. The predicted molar refractivity (Wildman–Crippen MR) is 105 cm³/mol. The smallest absolute Gasteiger partial charge is 0.267 e. The highest BCUT2D eigenvalue weighted by molar-refractivity contribution is 6.30. The van der Waals surface area contributed by atoms with Crippen molar-refractivity contribution in [2.75, 3.05) is 19.5 Å². The molecule has 0 aromatic heterocycles. The molecule has 2 rings (SSSR count). The monoisotopic (exact) mass is 385 g/mol. The van der Waals surface area contributed by atoms with Gasteiger partial charge in [0, 0.05) is 23.0 Å². The van der Waals surface area contributed by atoms with E-state index in [1.165, 1.54) is 6.20 Å². The first-order chi connectivity index (χ1) is 13.0. The summed E-state index contributed by atoms with van der Waals surface area (Å²) in [7, 11) is 3.13. The molecule has 0 radical (unpaired) electrons. The molecule has 27 heavy (non-hydrogen) atoms. The van der Waals surface area contributed by atoms with Crippen molar-refractivity contribution in [3.05, 3.63) is 64.8 Å². The summed E-state index contributed by atoms with van der Waals surface area (Å²) >= 11 is 5.82. The van der Waals surface area contributed by atoms with Crippen molar-refractivity contribution in [2.45, 2.75) is 13.0 Å². The van der Waals surface area contributed by atoms with E-state index in [9.17, 15) is 10.1 Å². The minimum atomic E-state index is -0.508. The number of methoxy groups -OCH3 is 2. The van der Waals surface area contributed by atoms with Crippen molar-refractivity contribution >= 4 is 23.2 Å². The average molecular weight is 386 g/mol. The predicted octanol–water partition coefficient (Wildman–Crippen LogP) is 4.05. The molecule has 0 heterocycles. The SMILES string of the molecule is COc1ccc(C(C)N/C=C(/C#N)C(=O)Nc2ccc(Cl)cc2)cc1OC. The second-order valence-corrected chi connectivity index (χ2v) is 6.07. The molecule has 0 bridgehead atoms. The van der Waals surface area contributed by atoms with E-state index in [0.29, 0.717) is 22.2 Å². The zero-order chi connectivity index (χ0) is 19.8. The first-order valence-electron chi connectivity index (χ1n) is 8.13. The molecule has 6 nitrogen and oxygen atoms in total. The van der Waals surface area contributed by atoms with E-state index in [1.807, 2.05) is 25.1 Å². The molecule has 0 aliphatic rings. The van der Waals surface area contributed by atoms with Gasteiger partial charge in [-0.1, -0.05) is 17.7 Å². The van der Waals surface area contributed by atoms with Gasteiger partial charge in [-0.3, -0.25) is 4.79 Å². The van der Waals surface area contributed by atoms with Crippen LogP contribution < -0.4 is 20.1 Å². The van der Waals surface area contributed by atoms with E-state index in [4.69, 9.17) is 21.1 Å². The molecule has 1 atom stereocenters. The fourth-order valence-corrected chi connectivity index (χ4v) is 2.43. The maximum Gasteiger partial charge on any atom is 0.267 e. The Labute approximate surface area is 163 Å². The summed E-state index contributed by atoms with van der Waals surface area (Å²) in [5, 5.41) is 15.5. The zero-order valence-corrected chi connectivity index (χ0v) is 16.0. The van der Waals surface area contributed by atoms with Crippen molar-refractivity contribution in [3.63, 3.8) is 0 Å². The van der Waals surface area contributed by atoms with Gasteiger partial charge in [0.1, 0.15) is 11.6 Å². The van der Waals surface area contributed by atoms with Crippen molar-refractivity contribution < 1.29 is 14.3 Å². The van der Waals surface area contributed by atoms with Crippen LogP contribution in [0, 0.1) is 11.3 Å². The molecule has 0 saturated carbocycles. The van der Waals surface area contributed by atoms with E-state index in [1.54, 1.807) is 44.6 Å². The summed E-state index contributed by atoms with van der Waals surface area (Å²) in [6, 6.07) is 13.9. The number of ether oxygens (including phenoxy) is 2. The van der Waals surface area contributed by atoms with Gasteiger partial charge in [0.2, 0.25) is 0 Å². The average Bonchev–Trinajstić information content (AvgIpc) is 2.69. The minimum absolute atomic E-state index is 0.0442. The maximum atomic E-state index is 12.3. The van der Waals surface area contributed by atoms with Crippen molar-refractivity contribution in [3.8, 4) is 17.6 Å². The quantitative estimate of drug-likeness (QED) is 0.554. The van der Waals surface area contributed by atoms with E-state index >= 15 is 0 Å². The van der Waals surface area contributed by atoms with Crippen LogP contribution in [0.3, 0.4) is 0 Å². The van der Waals surface area contributed by atoms with Crippen LogP contribution in [0.2, 0.25) is 5.02 Å². The fraction of sp³-hybridized carbons (Fsp3) is 0.200. The van der Waals surface area contributed by atoms with Gasteiger partial charge in [0.15, 0.2) is 11.5 Å². The van der Waals surface area contributed by atoms with Crippen molar-refractivity contribution in [1.29, 1.82) is 5.26 Å². The first kappa shape index (κ1) is 20.1. The third-order valence-electron chi connectivity index (χ3n) is 3.85. The number of carbonyl (C=O) groups excluding carboxylic acids is 1. The highest BCUT2D eigenvalue weighted by Gasteiger charge is 2.12. The number of nitrogens with one attached hydrogen (secondary N) is 2. The highest BCUT2D eigenvalue weighted by Crippen LogP contribution is 2.29. The van der Waals surface area contributed by atoms with Gasteiger partial charge in [-0.2, -0.15) is 5.26 Å². The molecule has 7 heteroatoms. The molecular formula is C20H20ClN3O3. The Morgan fingerprint density at radius 2 is 1.81 bits per heavy atom. The van der Waals surface area contributed by atoms with Crippen LogP contribution in [0.25, 0.3) is 0 Å². The number of hydrogen-bond donors (Lipinski definition) is 2. The third kappa shape index (κ3) is 5.40. The van der Waals surface area contributed by atoms with Crippen LogP contribution in [0.15, 0.2) is 54.2 Å². The number of rotatable bonds is 7. The lowest BCUT2D eigenvalue weighted by molar-refractivity contribution is -0.112. The summed E-state index contributed by atoms with van der Waals surface area (Å²) in [4.78, 5) is 12.3. The highest BCUT2D eigenvalue weighted by atomic mass is 35.5. The first-order valence-corrected chi connectivity index (χ1v) is 8.51. The van der Waals surface area contributed by atoms with E-state index in [-0.39, 0.29) is 11.6 Å². The van der Waals surface area contributed by atoms with Crippen LogP contribution in [0.4, 0.5) is 5.69 Å². The van der Waals surface area contributed by atoms with Crippen molar-refractivity contribution in [2.24, 2.45) is 0 Å². The summed E-state index contributed by atoms with van der Waals surface area (Å²) in [6.07, 6.45) is 1.40. The van der Waals surface area contributed by atoms with Gasteiger partial charge in [0.25, 0.3) is 5.91 Å². The molecule has 0 fully saturated rings. The van der Waals surface area contributed by atoms with E-state index in [0.717, 1.165) is 5.56 Å². The van der Waals surface area contributed by atoms with Crippen molar-refractivity contribution in [1.82, 2.24) is 5.32 Å². The lowest BCUT2D eigenvalue weighted by atomic mass is 10.1. The number of halogens is 1. The summed E-state index contributed by atoms with van der Waals surface area (Å²) < 4.78 is 10.5. The molecular weight excluding hydrogens is 366 g/mol. The van der Waals surface area contributed by atoms with E-state index in [2.05, 4.69) is 10.6 Å². The lowest BCUT2D eigenvalue weighted by Crippen LogP contribution is -2.18. The maximum absolute atomic E-state index is 12.3. The van der Waals surface area contributed by atoms with Crippen LogP contribution in [-0.2, 0) is 4.79 Å². The van der Waals surface area contributed by atoms with Gasteiger partial charge in [-0.05, 0) is 48.9 Å². The van der Waals surface area contributed by atoms with Crippen LogP contribution in [0.5, 0.6) is 11.5 Å². The Morgan fingerprint density at radius 1 is 1.15 bits per heavy atom. The normalized spacial score (nSPS) is 11.9. The molecule has 0 spiro atoms. The standard InChI is InChI=1S/C20H20ClN3O3/c1-13(14-4-9-18(26-2)19(10-14)27-3)23-12-15(11-22)20(25)24-17-7-5-16(21)6-8-17/h4-10,12-13,23H,1-3H3,(H,24,25)/b15-12-. The third-order valence-corrected chi connectivity index (χ3v) is 4.10. The molecule has 140 valence electrons. The van der Waals surface area contributed by atoms with E-state index < -0.39 is 5.91 Å². The Kier molecular flexibility index (Phi) is 7.09. The molecule has 1 unspecified atom stereocenters. The second-order valence-electron chi connectivity index (χ2n) is 5.63. The van der Waals surface area contributed by atoms with Gasteiger partial charge in [-0.15, -0.1) is 0 Å². The zero-order valence-electron chi connectivity index (χ0n) is 15.2. The van der Waals surface area contributed by atoms with Crippen LogP contribution in [0.1, 0.15) is 18.5 Å². The number of nitriles is 1. The summed E-state index contributed by atoms with van der Waals surface area (Å²) in [5.74, 6) is 0.726. The Hall–Kier alpha value is -3.17. The van der Waals surface area contributed by atoms with Crippen LogP contribution in [-0.4, -0.2) is 20.1 Å². The molecule has 2 N–H and O–H groups in total. The molecule has 1 amide bonds. The number of nitrogens with zero attached hydrogens (tertiary/aromatic N) is 1. The summed E-state index contributed by atoms with van der Waals surface area (Å²) in [5.41, 5.74) is 1.43. The number of benzene rings is 2. The Morgan fingerprint density at radius 3 is 2.41 bits per heavy atom. The number of amides is 1. The largest absolute Gasteiger partial charge is 0.493 e. The molecule has 0 aliphatic heterocycles. The number of anilines is 1. The van der Waals surface area contributed by atoms with Gasteiger partial charge in [0.05, 0.1) is 14.2 Å². The Balaban J connectivity index is 2.08. The molecule has 0 aliphatic carbocycles. The Bertz CT molecular complexity index is 873.